The van der Waals surface area contributed by atoms with Crippen molar-refractivity contribution in [1.29, 1.82) is 0 Å². The number of esters is 1. The highest BCUT2D eigenvalue weighted by Crippen LogP contribution is 2.09. The van der Waals surface area contributed by atoms with Gasteiger partial charge in [-0.05, 0) is 27.2 Å². The second-order valence-corrected chi connectivity index (χ2v) is 10.7. The molecular formula is C30H59NO10. The van der Waals surface area contributed by atoms with E-state index in [-0.39, 0.29) is 18.7 Å². The first-order valence-electron chi connectivity index (χ1n) is 15.3. The fourth-order valence-corrected chi connectivity index (χ4v) is 3.35. The fraction of sp³-hybridized carbons (Fsp3) is 0.933. The summed E-state index contributed by atoms with van der Waals surface area (Å²) in [6, 6.07) is 0. The van der Waals surface area contributed by atoms with E-state index in [1.54, 1.807) is 7.05 Å². The van der Waals surface area contributed by atoms with Gasteiger partial charge in [0.25, 0.3) is 0 Å². The summed E-state index contributed by atoms with van der Waals surface area (Å²) < 4.78 is 43.2. The number of amides is 1. The number of hydrogen-bond donors (Lipinski definition) is 0. The quantitative estimate of drug-likeness (QED) is 0.0898. The highest BCUT2D eigenvalue weighted by molar-refractivity contribution is 5.69. The fourth-order valence-electron chi connectivity index (χ4n) is 3.35. The Balaban J connectivity index is 3.23. The van der Waals surface area contributed by atoms with Crippen LogP contribution in [0.25, 0.3) is 0 Å². The van der Waals surface area contributed by atoms with Crippen LogP contribution in [0.5, 0.6) is 0 Å². The monoisotopic (exact) mass is 593 g/mol. The molecule has 0 unspecified atom stereocenters. The Morgan fingerprint density at radius 3 is 1.39 bits per heavy atom. The van der Waals surface area contributed by atoms with Crippen molar-refractivity contribution in [1.82, 2.24) is 4.90 Å². The second kappa shape index (κ2) is 28.6. The van der Waals surface area contributed by atoms with Gasteiger partial charge < -0.3 is 42.8 Å². The van der Waals surface area contributed by atoms with Gasteiger partial charge in [-0.1, -0.05) is 45.4 Å². The van der Waals surface area contributed by atoms with Crippen LogP contribution in [-0.2, 0) is 42.7 Å². The van der Waals surface area contributed by atoms with Crippen LogP contribution in [0.1, 0.15) is 79.1 Å². The number of nitrogens with zero attached hydrogens (tertiary/aromatic N) is 1. The summed E-state index contributed by atoms with van der Waals surface area (Å²) in [6.07, 6.45) is 8.42. The van der Waals surface area contributed by atoms with E-state index in [0.717, 1.165) is 12.8 Å². The zero-order valence-corrected chi connectivity index (χ0v) is 26.6. The van der Waals surface area contributed by atoms with E-state index in [1.807, 2.05) is 20.8 Å². The average molecular weight is 594 g/mol. The Bertz CT molecular complexity index is 600. The first-order valence-corrected chi connectivity index (χ1v) is 15.3. The molecule has 0 aromatic rings. The first-order chi connectivity index (χ1) is 19.8. The summed E-state index contributed by atoms with van der Waals surface area (Å²) in [5, 5.41) is 0. The van der Waals surface area contributed by atoms with E-state index in [2.05, 4.69) is 6.92 Å². The van der Waals surface area contributed by atoms with Crippen molar-refractivity contribution in [2.24, 2.45) is 0 Å². The Kier molecular flexibility index (Phi) is 27.6. The summed E-state index contributed by atoms with van der Waals surface area (Å²) in [7, 11) is 1.68. The summed E-state index contributed by atoms with van der Waals surface area (Å²) in [5.74, 6) is -0.143. The topological polar surface area (TPSA) is 111 Å². The normalized spacial score (nSPS) is 11.5. The molecule has 0 N–H and O–H groups in total. The second-order valence-electron chi connectivity index (χ2n) is 10.7. The number of carbonyl (C=O) groups excluding carboxylic acids is 2. The van der Waals surface area contributed by atoms with Gasteiger partial charge in [-0.15, -0.1) is 0 Å². The molecule has 0 rings (SSSR count). The molecule has 11 nitrogen and oxygen atoms in total. The molecule has 11 heteroatoms. The molecular weight excluding hydrogens is 534 g/mol. The zero-order valence-electron chi connectivity index (χ0n) is 26.6. The highest BCUT2D eigenvalue weighted by Gasteiger charge is 2.19. The van der Waals surface area contributed by atoms with Crippen molar-refractivity contribution in [2.45, 2.75) is 84.7 Å². The lowest BCUT2D eigenvalue weighted by molar-refractivity contribution is -0.145. The minimum atomic E-state index is -0.508. The Morgan fingerprint density at radius 1 is 0.561 bits per heavy atom. The largest absolute Gasteiger partial charge is 0.463 e. The molecule has 0 bridgehead atoms. The molecule has 0 aromatic heterocycles. The molecule has 0 radical (unpaired) electrons. The van der Waals surface area contributed by atoms with Crippen molar-refractivity contribution < 1.29 is 47.5 Å². The van der Waals surface area contributed by atoms with Crippen LogP contribution >= 0.6 is 0 Å². The van der Waals surface area contributed by atoms with E-state index >= 15 is 0 Å². The van der Waals surface area contributed by atoms with Crippen LogP contribution in [0.2, 0.25) is 0 Å². The smallest absolute Gasteiger partial charge is 0.410 e. The molecule has 0 aliphatic carbocycles. The van der Waals surface area contributed by atoms with Gasteiger partial charge >= 0.3 is 12.1 Å². The summed E-state index contributed by atoms with van der Waals surface area (Å²) >= 11 is 0. The van der Waals surface area contributed by atoms with Crippen molar-refractivity contribution in [3.05, 3.63) is 0 Å². The lowest BCUT2D eigenvalue weighted by Gasteiger charge is -2.24. The molecule has 0 aromatic carbocycles. The minimum Gasteiger partial charge on any atom is -0.463 e. The van der Waals surface area contributed by atoms with Crippen molar-refractivity contribution >= 4 is 12.1 Å². The van der Waals surface area contributed by atoms with Gasteiger partial charge in [0.15, 0.2) is 0 Å². The number of carbonyl (C=O) groups is 2. The van der Waals surface area contributed by atoms with E-state index in [0.29, 0.717) is 92.2 Å². The maximum Gasteiger partial charge on any atom is 0.410 e. The zero-order chi connectivity index (χ0) is 30.4. The van der Waals surface area contributed by atoms with E-state index in [1.165, 1.54) is 37.0 Å². The standard InChI is InChI=1S/C30H59NO10/c1-6-7-8-9-10-11-12-13-28(32)40-27-26-39-25-24-38-23-22-37-21-20-36-19-18-35-17-16-34-15-14-31(5)29(33)41-30(2,3)4/h6-27H2,1-5H3. The molecule has 0 saturated heterocycles. The van der Waals surface area contributed by atoms with Crippen molar-refractivity contribution in [2.75, 3.05) is 99.5 Å². The Morgan fingerprint density at radius 2 is 0.951 bits per heavy atom. The number of hydrogen-bond acceptors (Lipinski definition) is 10. The van der Waals surface area contributed by atoms with Gasteiger partial charge in [0, 0.05) is 20.0 Å². The predicted molar refractivity (Wildman–Crippen MR) is 157 cm³/mol. The maximum absolute atomic E-state index is 11.8. The lowest BCUT2D eigenvalue weighted by Crippen LogP contribution is -2.36. The number of likely N-dealkylation sites (N-methyl/N-ethyl adjacent to an activating group) is 1. The van der Waals surface area contributed by atoms with E-state index in [9.17, 15) is 9.59 Å². The van der Waals surface area contributed by atoms with Crippen molar-refractivity contribution in [3.8, 4) is 0 Å². The van der Waals surface area contributed by atoms with Crippen LogP contribution in [0.3, 0.4) is 0 Å². The average Bonchev–Trinajstić information content (AvgIpc) is 2.92. The maximum atomic E-state index is 11.8. The minimum absolute atomic E-state index is 0.143. The lowest BCUT2D eigenvalue weighted by atomic mass is 10.1. The van der Waals surface area contributed by atoms with Gasteiger partial charge in [0.2, 0.25) is 0 Å². The van der Waals surface area contributed by atoms with E-state index < -0.39 is 5.60 Å². The third-order valence-electron chi connectivity index (χ3n) is 5.61. The van der Waals surface area contributed by atoms with Crippen LogP contribution < -0.4 is 0 Å². The third kappa shape index (κ3) is 31.3. The third-order valence-corrected chi connectivity index (χ3v) is 5.61. The molecule has 0 aliphatic heterocycles. The molecule has 0 saturated carbocycles. The van der Waals surface area contributed by atoms with Gasteiger partial charge in [0.05, 0.1) is 79.3 Å². The van der Waals surface area contributed by atoms with Crippen LogP contribution in [0.15, 0.2) is 0 Å². The molecule has 0 heterocycles. The summed E-state index contributed by atoms with van der Waals surface area (Å²) in [6.45, 7) is 14.0. The Hall–Kier alpha value is -1.50. The highest BCUT2D eigenvalue weighted by atomic mass is 16.6. The Labute approximate surface area is 248 Å². The number of ether oxygens (including phenoxy) is 8. The van der Waals surface area contributed by atoms with E-state index in [4.69, 9.17) is 37.9 Å². The SMILES string of the molecule is CCCCCCCCCC(=O)OCCOCCOCCOCCOCCOCCOCCN(C)C(=O)OC(C)(C)C. The number of unbranched alkanes of at least 4 members (excludes halogenated alkanes) is 6. The first kappa shape index (κ1) is 39.5. The predicted octanol–water partition coefficient (Wildman–Crippen LogP) is 4.64. The van der Waals surface area contributed by atoms with Crippen molar-refractivity contribution in [3.63, 3.8) is 0 Å². The van der Waals surface area contributed by atoms with Crippen LogP contribution in [0.4, 0.5) is 4.79 Å². The van der Waals surface area contributed by atoms with Gasteiger partial charge in [0.1, 0.15) is 12.2 Å². The molecule has 244 valence electrons. The molecule has 41 heavy (non-hydrogen) atoms. The molecule has 0 aliphatic rings. The van der Waals surface area contributed by atoms with Gasteiger partial charge in [-0.25, -0.2) is 4.79 Å². The van der Waals surface area contributed by atoms with Gasteiger partial charge in [-0.2, -0.15) is 0 Å². The van der Waals surface area contributed by atoms with Crippen LogP contribution in [-0.4, -0.2) is 122 Å². The molecule has 0 atom stereocenters. The summed E-state index contributed by atoms with van der Waals surface area (Å²) in [4.78, 5) is 25.0. The molecule has 0 fully saturated rings. The summed E-state index contributed by atoms with van der Waals surface area (Å²) in [5.41, 5.74) is -0.508. The number of rotatable bonds is 29. The molecule has 1 amide bonds. The van der Waals surface area contributed by atoms with Crippen LogP contribution in [0, 0.1) is 0 Å². The molecule has 0 spiro atoms. The van der Waals surface area contributed by atoms with Gasteiger partial charge in [-0.3, -0.25) is 4.79 Å².